The molecule has 0 saturated heterocycles. The number of nitrogens with two attached hydrogens (primary N) is 1. The molecule has 4 nitrogen and oxygen atoms in total. The van der Waals surface area contributed by atoms with Gasteiger partial charge >= 0.3 is 0 Å². The molecule has 1 aromatic carbocycles. The molecule has 2 atom stereocenters. The lowest BCUT2D eigenvalue weighted by Gasteiger charge is -2.17. The van der Waals surface area contributed by atoms with Crippen molar-refractivity contribution in [2.75, 3.05) is 13.6 Å². The molecule has 2 unspecified atom stereocenters. The second-order valence-electron chi connectivity index (χ2n) is 5.15. The zero-order valence-electron chi connectivity index (χ0n) is 11.0. The third-order valence-electron chi connectivity index (χ3n) is 3.59. The summed E-state index contributed by atoms with van der Waals surface area (Å²) in [6.45, 7) is 2.71. The van der Waals surface area contributed by atoms with Crippen LogP contribution in [0.3, 0.4) is 0 Å². The first-order valence-corrected chi connectivity index (χ1v) is 8.03. The second-order valence-corrected chi connectivity index (χ2v) is 7.64. The van der Waals surface area contributed by atoms with Crippen molar-refractivity contribution in [3.05, 3.63) is 29.8 Å². The van der Waals surface area contributed by atoms with E-state index in [9.17, 15) is 8.42 Å². The molecule has 19 heavy (non-hydrogen) atoms. The summed E-state index contributed by atoms with van der Waals surface area (Å²) in [6.07, 6.45) is 1.10. The van der Waals surface area contributed by atoms with E-state index in [1.54, 1.807) is 25.2 Å². The van der Waals surface area contributed by atoms with Crippen molar-refractivity contribution in [3.63, 3.8) is 0 Å². The lowest BCUT2D eigenvalue weighted by atomic mass is 10.2. The summed E-state index contributed by atoms with van der Waals surface area (Å²) in [7, 11) is -1.84. The Morgan fingerprint density at radius 2 is 2.16 bits per heavy atom. The molecule has 6 heteroatoms. The Morgan fingerprint density at radius 1 is 1.53 bits per heavy atom. The van der Waals surface area contributed by atoms with Crippen LogP contribution in [-0.2, 0) is 10.0 Å². The van der Waals surface area contributed by atoms with E-state index < -0.39 is 10.0 Å². The van der Waals surface area contributed by atoms with E-state index in [0.717, 1.165) is 6.42 Å². The monoisotopic (exact) mass is 298 g/mol. The highest BCUT2D eigenvalue weighted by Crippen LogP contribution is 2.38. The standard InChI is InChI=1S/C13H18N2O2S2/c1-9-6-11(9)8-15(2)19(16,17)12-5-3-4-10(7-12)13(14)18/h3-5,7,9,11H,6,8H2,1-2H3,(H2,14,18). The maximum Gasteiger partial charge on any atom is 0.242 e. The Kier molecular flexibility index (Phi) is 3.94. The van der Waals surface area contributed by atoms with Crippen LogP contribution in [0.2, 0.25) is 0 Å². The highest BCUT2D eigenvalue weighted by molar-refractivity contribution is 7.89. The number of hydrogen-bond acceptors (Lipinski definition) is 3. The van der Waals surface area contributed by atoms with Gasteiger partial charge in [-0.25, -0.2) is 12.7 Å². The molecule has 2 rings (SSSR count). The second kappa shape index (κ2) is 5.19. The van der Waals surface area contributed by atoms with E-state index in [1.807, 2.05) is 0 Å². The molecule has 0 bridgehead atoms. The number of rotatable bonds is 5. The quantitative estimate of drug-likeness (QED) is 0.839. The van der Waals surface area contributed by atoms with Gasteiger partial charge in [0.15, 0.2) is 0 Å². The minimum atomic E-state index is -3.46. The van der Waals surface area contributed by atoms with Crippen LogP contribution in [0.5, 0.6) is 0 Å². The number of sulfonamides is 1. The molecule has 1 aromatic rings. The molecule has 104 valence electrons. The maximum atomic E-state index is 12.4. The first-order valence-electron chi connectivity index (χ1n) is 6.18. The van der Waals surface area contributed by atoms with Gasteiger partial charge in [-0.2, -0.15) is 0 Å². The van der Waals surface area contributed by atoms with Crippen LogP contribution < -0.4 is 5.73 Å². The van der Waals surface area contributed by atoms with E-state index in [1.165, 1.54) is 10.4 Å². The summed E-state index contributed by atoms with van der Waals surface area (Å²) in [5.74, 6) is 1.11. The lowest BCUT2D eigenvalue weighted by molar-refractivity contribution is 0.444. The SMILES string of the molecule is CC1CC1CN(C)S(=O)(=O)c1cccc(C(N)=S)c1. The predicted octanol–water partition coefficient (Wildman–Crippen LogP) is 1.60. The third-order valence-corrected chi connectivity index (χ3v) is 5.65. The molecule has 0 spiro atoms. The van der Waals surface area contributed by atoms with Crippen LogP contribution in [0.1, 0.15) is 18.9 Å². The van der Waals surface area contributed by atoms with Gasteiger partial charge in [-0.3, -0.25) is 0 Å². The van der Waals surface area contributed by atoms with E-state index in [-0.39, 0.29) is 9.88 Å². The third kappa shape index (κ3) is 3.13. The summed E-state index contributed by atoms with van der Waals surface area (Å²) in [4.78, 5) is 0.448. The normalized spacial score (nSPS) is 22.5. The van der Waals surface area contributed by atoms with E-state index in [2.05, 4.69) is 6.92 Å². The lowest BCUT2D eigenvalue weighted by Crippen LogP contribution is -2.29. The van der Waals surface area contributed by atoms with Crippen LogP contribution in [0.25, 0.3) is 0 Å². The average Bonchev–Trinajstić information content (AvgIpc) is 3.05. The van der Waals surface area contributed by atoms with Gasteiger partial charge in [0.1, 0.15) is 4.99 Å². The molecule has 1 aliphatic carbocycles. The number of thiocarbonyl (C=S) groups is 1. The summed E-state index contributed by atoms with van der Waals surface area (Å²) < 4.78 is 26.3. The van der Waals surface area contributed by atoms with Crippen LogP contribution in [0, 0.1) is 11.8 Å². The molecular formula is C13H18N2O2S2. The zero-order valence-corrected chi connectivity index (χ0v) is 12.7. The van der Waals surface area contributed by atoms with Gasteiger partial charge in [0, 0.05) is 19.2 Å². The van der Waals surface area contributed by atoms with Crippen molar-refractivity contribution < 1.29 is 8.42 Å². The Bertz CT molecular complexity index is 598. The smallest absolute Gasteiger partial charge is 0.242 e. The van der Waals surface area contributed by atoms with Gasteiger partial charge in [0.25, 0.3) is 0 Å². The minimum absolute atomic E-state index is 0.204. The van der Waals surface area contributed by atoms with Crippen LogP contribution in [0.15, 0.2) is 29.2 Å². The van der Waals surface area contributed by atoms with Crippen molar-refractivity contribution in [2.45, 2.75) is 18.2 Å². The van der Waals surface area contributed by atoms with Crippen LogP contribution in [0.4, 0.5) is 0 Å². The van der Waals surface area contributed by atoms with Crippen molar-refractivity contribution in [1.29, 1.82) is 0 Å². The van der Waals surface area contributed by atoms with Gasteiger partial charge in [-0.15, -0.1) is 0 Å². The van der Waals surface area contributed by atoms with Gasteiger partial charge in [0.05, 0.1) is 4.90 Å². The molecule has 0 heterocycles. The molecule has 0 amide bonds. The zero-order chi connectivity index (χ0) is 14.2. The van der Waals surface area contributed by atoms with Crippen LogP contribution >= 0.6 is 12.2 Å². The number of nitrogens with zero attached hydrogens (tertiary/aromatic N) is 1. The van der Waals surface area contributed by atoms with Gasteiger partial charge in [-0.05, 0) is 30.4 Å². The molecule has 0 aromatic heterocycles. The Morgan fingerprint density at radius 3 is 2.68 bits per heavy atom. The van der Waals surface area contributed by atoms with Crippen molar-refractivity contribution in [3.8, 4) is 0 Å². The molecule has 0 aliphatic heterocycles. The maximum absolute atomic E-state index is 12.4. The Hall–Kier alpha value is -0.980. The number of benzene rings is 1. The largest absolute Gasteiger partial charge is 0.389 e. The topological polar surface area (TPSA) is 63.4 Å². The van der Waals surface area contributed by atoms with Crippen LogP contribution in [-0.4, -0.2) is 31.3 Å². The summed E-state index contributed by atoms with van der Waals surface area (Å²) >= 11 is 4.87. The van der Waals surface area contributed by atoms with Gasteiger partial charge in [0.2, 0.25) is 10.0 Å². The summed E-state index contributed by atoms with van der Waals surface area (Å²) in [5, 5.41) is 0. The first-order chi connectivity index (χ1) is 8.82. The Labute approximate surface area is 119 Å². The van der Waals surface area contributed by atoms with E-state index in [0.29, 0.717) is 23.9 Å². The predicted molar refractivity (Wildman–Crippen MR) is 79.4 cm³/mol. The minimum Gasteiger partial charge on any atom is -0.389 e. The molecule has 2 N–H and O–H groups in total. The van der Waals surface area contributed by atoms with E-state index >= 15 is 0 Å². The Balaban J connectivity index is 2.23. The summed E-state index contributed by atoms with van der Waals surface area (Å²) in [6, 6.07) is 6.48. The highest BCUT2D eigenvalue weighted by atomic mass is 32.2. The number of hydrogen-bond donors (Lipinski definition) is 1. The molecular weight excluding hydrogens is 280 g/mol. The van der Waals surface area contributed by atoms with Crippen molar-refractivity contribution in [2.24, 2.45) is 17.6 Å². The average molecular weight is 298 g/mol. The highest BCUT2D eigenvalue weighted by Gasteiger charge is 2.36. The molecule has 1 saturated carbocycles. The fourth-order valence-electron chi connectivity index (χ4n) is 2.07. The van der Waals surface area contributed by atoms with Crippen molar-refractivity contribution >= 4 is 27.2 Å². The summed E-state index contributed by atoms with van der Waals surface area (Å²) in [5.41, 5.74) is 6.11. The fourth-order valence-corrected chi connectivity index (χ4v) is 3.47. The first kappa shape index (κ1) is 14.4. The van der Waals surface area contributed by atoms with Gasteiger partial charge < -0.3 is 5.73 Å². The van der Waals surface area contributed by atoms with Crippen molar-refractivity contribution in [1.82, 2.24) is 4.31 Å². The molecule has 1 fully saturated rings. The molecule has 1 aliphatic rings. The van der Waals surface area contributed by atoms with E-state index in [4.69, 9.17) is 18.0 Å². The molecule has 0 radical (unpaired) electrons. The fraction of sp³-hybridized carbons (Fsp3) is 0.462. The van der Waals surface area contributed by atoms with Gasteiger partial charge in [-0.1, -0.05) is 31.3 Å².